The molecule has 1 saturated heterocycles. The van der Waals surface area contributed by atoms with Crippen molar-refractivity contribution in [1.29, 1.82) is 0 Å². The van der Waals surface area contributed by atoms with Crippen molar-refractivity contribution < 1.29 is 50.9 Å². The number of likely N-dealkylation sites (tertiary alicyclic amines) is 1. The highest BCUT2D eigenvalue weighted by atomic mass is 19.4. The van der Waals surface area contributed by atoms with Gasteiger partial charge in [0.1, 0.15) is 5.82 Å². The zero-order chi connectivity index (χ0) is 33.6. The van der Waals surface area contributed by atoms with E-state index < -0.39 is 24.3 Å². The zero-order valence-electron chi connectivity index (χ0n) is 24.9. The number of amides is 2. The molecular formula is C27H36F6N6O5. The van der Waals surface area contributed by atoms with Gasteiger partial charge in [-0.2, -0.15) is 26.3 Å². The second-order valence-electron chi connectivity index (χ2n) is 11.0. The lowest BCUT2D eigenvalue weighted by Gasteiger charge is -2.47. The fraction of sp³-hybridized carbons (Fsp3) is 0.593. The maximum absolute atomic E-state index is 12.5. The number of hydrogen-bond acceptors (Lipinski definition) is 6. The lowest BCUT2D eigenvalue weighted by atomic mass is 9.72. The summed E-state index contributed by atoms with van der Waals surface area (Å²) in [7, 11) is 3.66. The van der Waals surface area contributed by atoms with E-state index in [4.69, 9.17) is 24.8 Å². The van der Waals surface area contributed by atoms with Gasteiger partial charge in [0.25, 0.3) is 0 Å². The molecule has 2 aromatic rings. The third-order valence-electron chi connectivity index (χ3n) is 7.09. The van der Waals surface area contributed by atoms with Crippen LogP contribution < -0.4 is 0 Å². The largest absolute Gasteiger partial charge is 0.490 e. The number of alkyl halides is 6. The van der Waals surface area contributed by atoms with Crippen LogP contribution in [0.25, 0.3) is 0 Å². The minimum atomic E-state index is -5.08. The number of carboxylic acid groups (broad SMARTS) is 2. The molecule has 0 atom stereocenters. The van der Waals surface area contributed by atoms with Gasteiger partial charge in [0, 0.05) is 70.7 Å². The van der Waals surface area contributed by atoms with Gasteiger partial charge in [-0.05, 0) is 45.2 Å². The molecule has 0 aromatic carbocycles. The fourth-order valence-corrected chi connectivity index (χ4v) is 5.29. The van der Waals surface area contributed by atoms with Crippen molar-refractivity contribution in [2.24, 2.45) is 0 Å². The van der Waals surface area contributed by atoms with E-state index in [2.05, 4.69) is 41.3 Å². The number of hydrogen-bond donors (Lipinski definition) is 2. The van der Waals surface area contributed by atoms with Crippen LogP contribution in [0.4, 0.5) is 31.1 Å². The van der Waals surface area contributed by atoms with E-state index in [9.17, 15) is 31.1 Å². The Morgan fingerprint density at radius 3 is 1.95 bits per heavy atom. The Balaban J connectivity index is 0.000000402. The van der Waals surface area contributed by atoms with Gasteiger partial charge in [-0.25, -0.2) is 19.4 Å². The van der Waals surface area contributed by atoms with Crippen LogP contribution in [0.15, 0.2) is 24.5 Å². The maximum atomic E-state index is 12.5. The zero-order valence-corrected chi connectivity index (χ0v) is 24.9. The molecular weight excluding hydrogens is 602 g/mol. The molecule has 11 nitrogen and oxygen atoms in total. The fourth-order valence-electron chi connectivity index (χ4n) is 5.29. The average Bonchev–Trinajstić information content (AvgIpc) is 3.25. The van der Waals surface area contributed by atoms with E-state index in [1.165, 1.54) is 17.0 Å². The van der Waals surface area contributed by atoms with Crippen LogP contribution in [-0.4, -0.2) is 103 Å². The number of fused-ring (bicyclic) bond motifs is 2. The number of carboxylic acids is 2. The third-order valence-corrected chi connectivity index (χ3v) is 7.09. The number of imidazole rings is 1. The van der Waals surface area contributed by atoms with Gasteiger partial charge in [0.05, 0.1) is 11.4 Å². The van der Waals surface area contributed by atoms with Crippen molar-refractivity contribution in [2.75, 3.05) is 33.7 Å². The van der Waals surface area contributed by atoms with Crippen molar-refractivity contribution in [3.05, 3.63) is 47.3 Å². The van der Waals surface area contributed by atoms with Gasteiger partial charge in [-0.3, -0.25) is 9.88 Å². The average molecular weight is 639 g/mol. The van der Waals surface area contributed by atoms with Crippen LogP contribution in [0.5, 0.6) is 0 Å². The first kappa shape index (κ1) is 36.3. The van der Waals surface area contributed by atoms with Crippen molar-refractivity contribution in [2.45, 2.75) is 70.5 Å². The summed E-state index contributed by atoms with van der Waals surface area (Å²) in [5.41, 5.74) is 3.87. The van der Waals surface area contributed by atoms with Crippen LogP contribution in [0.2, 0.25) is 0 Å². The van der Waals surface area contributed by atoms with E-state index in [1.807, 2.05) is 37.5 Å². The number of aromatic nitrogens is 3. The van der Waals surface area contributed by atoms with Gasteiger partial charge < -0.3 is 24.6 Å². The summed E-state index contributed by atoms with van der Waals surface area (Å²) in [6, 6.07) is 4.65. The van der Waals surface area contributed by atoms with E-state index in [0.29, 0.717) is 6.04 Å². The molecule has 2 aromatic heterocycles. The number of rotatable bonds is 3. The summed E-state index contributed by atoms with van der Waals surface area (Å²) in [5, 5.41) is 14.2. The number of aryl methyl sites for hydroxylation is 1. The number of carbonyl (C=O) groups is 3. The van der Waals surface area contributed by atoms with Gasteiger partial charge in [-0.1, -0.05) is 6.07 Å². The van der Waals surface area contributed by atoms with E-state index in [0.717, 1.165) is 51.4 Å². The first-order valence-electron chi connectivity index (χ1n) is 13.5. The molecule has 246 valence electrons. The van der Waals surface area contributed by atoms with Crippen molar-refractivity contribution in [3.8, 4) is 0 Å². The van der Waals surface area contributed by atoms with E-state index >= 15 is 0 Å². The SMILES string of the molecule is Cc1nc2c(n1C(C)C)CN(Cc1cccnc1)CC21CCN(C(=O)N(C)C)CC1.O=C(O)C(F)(F)F.O=C(O)C(F)(F)F. The summed E-state index contributed by atoms with van der Waals surface area (Å²) in [5.74, 6) is -4.41. The van der Waals surface area contributed by atoms with Crippen LogP contribution in [0.3, 0.4) is 0 Å². The molecule has 4 rings (SSSR count). The third kappa shape index (κ3) is 9.30. The minimum absolute atomic E-state index is 0.00376. The van der Waals surface area contributed by atoms with Gasteiger partial charge in [0.2, 0.25) is 0 Å². The lowest BCUT2D eigenvalue weighted by Crippen LogP contribution is -2.54. The Morgan fingerprint density at radius 2 is 1.55 bits per heavy atom. The molecule has 4 heterocycles. The summed E-state index contributed by atoms with van der Waals surface area (Å²) in [6.45, 7) is 10.9. The Morgan fingerprint density at radius 1 is 1.02 bits per heavy atom. The highest BCUT2D eigenvalue weighted by Crippen LogP contribution is 2.43. The molecule has 0 unspecified atom stereocenters. The smallest absolute Gasteiger partial charge is 0.475 e. The first-order valence-corrected chi connectivity index (χ1v) is 13.5. The first-order chi connectivity index (χ1) is 20.2. The highest BCUT2D eigenvalue weighted by Gasteiger charge is 2.46. The van der Waals surface area contributed by atoms with Crippen LogP contribution in [-0.2, 0) is 28.1 Å². The molecule has 1 fully saturated rings. The number of pyridine rings is 1. The minimum Gasteiger partial charge on any atom is -0.475 e. The number of piperidine rings is 1. The second kappa shape index (κ2) is 14.3. The quantitative estimate of drug-likeness (QED) is 0.471. The Hall–Kier alpha value is -3.89. The monoisotopic (exact) mass is 638 g/mol. The Bertz CT molecular complexity index is 1260. The molecule has 1 spiro atoms. The molecule has 2 aliphatic rings. The van der Waals surface area contributed by atoms with Gasteiger partial charge >= 0.3 is 30.3 Å². The number of carbonyl (C=O) groups excluding carboxylic acids is 1. The predicted molar refractivity (Wildman–Crippen MR) is 145 cm³/mol. The molecule has 2 aliphatic heterocycles. The maximum Gasteiger partial charge on any atom is 0.490 e. The lowest BCUT2D eigenvalue weighted by molar-refractivity contribution is -0.193. The standard InChI is InChI=1S/C23H34N6O.2C2HF3O2/c1-17(2)29-18(3)25-21-20(29)15-27(14-19-7-6-10-24-13-19)16-23(21)8-11-28(12-9-23)22(30)26(4)5;2*3-2(4,5)1(6)7/h6-7,10,13,17H,8-9,11-12,14-16H2,1-5H3;2*(H,6,7). The summed E-state index contributed by atoms with van der Waals surface area (Å²) in [4.78, 5) is 45.9. The van der Waals surface area contributed by atoms with Crippen LogP contribution >= 0.6 is 0 Å². The van der Waals surface area contributed by atoms with Crippen LogP contribution in [0.1, 0.15) is 55.5 Å². The molecule has 2 N–H and O–H groups in total. The van der Waals surface area contributed by atoms with E-state index in [1.54, 1.807) is 4.90 Å². The molecule has 0 aliphatic carbocycles. The Labute approximate surface area is 250 Å². The van der Waals surface area contributed by atoms with Gasteiger partial charge in [-0.15, -0.1) is 0 Å². The van der Waals surface area contributed by atoms with Crippen LogP contribution in [0, 0.1) is 6.92 Å². The Kier molecular flexibility index (Phi) is 11.8. The number of aliphatic carboxylic acids is 2. The van der Waals surface area contributed by atoms with Crippen molar-refractivity contribution in [3.63, 3.8) is 0 Å². The van der Waals surface area contributed by atoms with Gasteiger partial charge in [0.15, 0.2) is 0 Å². The van der Waals surface area contributed by atoms with Crippen molar-refractivity contribution in [1.82, 2.24) is 29.2 Å². The highest BCUT2D eigenvalue weighted by molar-refractivity contribution is 5.74. The topological polar surface area (TPSA) is 132 Å². The number of nitrogens with zero attached hydrogens (tertiary/aromatic N) is 6. The summed E-state index contributed by atoms with van der Waals surface area (Å²) >= 11 is 0. The number of urea groups is 1. The number of halogens is 6. The normalized spacial score (nSPS) is 16.3. The summed E-state index contributed by atoms with van der Waals surface area (Å²) < 4.78 is 65.9. The second-order valence-corrected chi connectivity index (χ2v) is 11.0. The molecule has 44 heavy (non-hydrogen) atoms. The molecule has 0 bridgehead atoms. The molecule has 2 amide bonds. The summed E-state index contributed by atoms with van der Waals surface area (Å²) in [6.07, 6.45) is -4.46. The molecule has 0 saturated carbocycles. The predicted octanol–water partition coefficient (Wildman–Crippen LogP) is 4.47. The van der Waals surface area contributed by atoms with Crippen molar-refractivity contribution >= 4 is 18.0 Å². The molecule has 0 radical (unpaired) electrons. The molecule has 17 heteroatoms. The van der Waals surface area contributed by atoms with E-state index in [-0.39, 0.29) is 11.4 Å².